The van der Waals surface area contributed by atoms with E-state index in [2.05, 4.69) is 54.3 Å². The van der Waals surface area contributed by atoms with Crippen LogP contribution in [0.25, 0.3) is 0 Å². The fourth-order valence-corrected chi connectivity index (χ4v) is 2.57. The Hall–Kier alpha value is -2.06. The maximum absolute atomic E-state index is 8.93. The highest BCUT2D eigenvalue weighted by atomic mass is 15.2. The Morgan fingerprint density at radius 1 is 1.22 bits per heavy atom. The Bertz CT molecular complexity index is 535. The van der Waals surface area contributed by atoms with E-state index in [9.17, 15) is 0 Å². The maximum atomic E-state index is 8.93. The lowest BCUT2D eigenvalue weighted by Gasteiger charge is -2.30. The summed E-state index contributed by atoms with van der Waals surface area (Å²) in [5.41, 5.74) is 1.75. The van der Waals surface area contributed by atoms with Crippen molar-refractivity contribution in [2.75, 3.05) is 20.1 Å². The molecule has 0 aliphatic carbocycles. The average molecular weight is 315 g/mol. The molecule has 0 radical (unpaired) electrons. The van der Waals surface area contributed by atoms with Crippen molar-refractivity contribution in [3.05, 3.63) is 35.4 Å². The van der Waals surface area contributed by atoms with E-state index in [4.69, 9.17) is 5.26 Å². The van der Waals surface area contributed by atoms with Gasteiger partial charge in [0.2, 0.25) is 0 Å². The normalized spacial score (nSPS) is 11.9. The first-order chi connectivity index (χ1) is 11.0. The Morgan fingerprint density at radius 3 is 2.48 bits per heavy atom. The molecule has 0 atom stereocenters. The zero-order valence-corrected chi connectivity index (χ0v) is 14.9. The van der Waals surface area contributed by atoms with Gasteiger partial charge >= 0.3 is 0 Å². The lowest BCUT2D eigenvalue weighted by molar-refractivity contribution is 0.178. The van der Waals surface area contributed by atoms with E-state index in [1.54, 1.807) is 7.05 Å². The predicted molar refractivity (Wildman–Crippen MR) is 96.3 cm³/mol. The van der Waals surface area contributed by atoms with Gasteiger partial charge in [0, 0.05) is 38.8 Å². The van der Waals surface area contributed by atoms with Crippen LogP contribution in [0.15, 0.2) is 29.3 Å². The SMILES string of the molecule is CN=C(NCCN(C(C)C)C(C)C)NCc1cccc(C#N)c1. The van der Waals surface area contributed by atoms with Crippen molar-refractivity contribution in [1.82, 2.24) is 15.5 Å². The van der Waals surface area contributed by atoms with Crippen LogP contribution in [-0.2, 0) is 6.54 Å². The molecule has 0 saturated carbocycles. The average Bonchev–Trinajstić information content (AvgIpc) is 2.53. The number of rotatable bonds is 7. The molecule has 0 heterocycles. The molecular weight excluding hydrogens is 286 g/mol. The number of benzene rings is 1. The highest BCUT2D eigenvalue weighted by Gasteiger charge is 2.12. The van der Waals surface area contributed by atoms with Gasteiger partial charge in [-0.2, -0.15) is 5.26 Å². The minimum atomic E-state index is 0.528. The zero-order chi connectivity index (χ0) is 17.2. The zero-order valence-electron chi connectivity index (χ0n) is 14.9. The van der Waals surface area contributed by atoms with Crippen LogP contribution in [0.4, 0.5) is 0 Å². The molecule has 126 valence electrons. The first-order valence-corrected chi connectivity index (χ1v) is 8.17. The van der Waals surface area contributed by atoms with Crippen LogP contribution in [-0.4, -0.2) is 43.1 Å². The van der Waals surface area contributed by atoms with Crippen molar-refractivity contribution >= 4 is 5.96 Å². The van der Waals surface area contributed by atoms with Crippen LogP contribution in [0.5, 0.6) is 0 Å². The van der Waals surface area contributed by atoms with Gasteiger partial charge < -0.3 is 10.6 Å². The van der Waals surface area contributed by atoms with Gasteiger partial charge in [-0.1, -0.05) is 12.1 Å². The molecule has 1 aromatic rings. The van der Waals surface area contributed by atoms with E-state index >= 15 is 0 Å². The molecule has 0 unspecified atom stereocenters. The number of guanidine groups is 1. The lowest BCUT2D eigenvalue weighted by atomic mass is 10.1. The summed E-state index contributed by atoms with van der Waals surface area (Å²) in [5.74, 6) is 0.778. The molecule has 0 saturated heterocycles. The smallest absolute Gasteiger partial charge is 0.191 e. The van der Waals surface area contributed by atoms with Crippen molar-refractivity contribution in [2.45, 2.75) is 46.3 Å². The summed E-state index contributed by atoms with van der Waals surface area (Å²) >= 11 is 0. The van der Waals surface area contributed by atoms with Crippen LogP contribution in [0.3, 0.4) is 0 Å². The van der Waals surface area contributed by atoms with Crippen LogP contribution in [0.1, 0.15) is 38.8 Å². The molecule has 0 aliphatic heterocycles. The largest absolute Gasteiger partial charge is 0.355 e. The Balaban J connectivity index is 2.44. The molecule has 0 aliphatic rings. The van der Waals surface area contributed by atoms with E-state index < -0.39 is 0 Å². The van der Waals surface area contributed by atoms with E-state index in [1.165, 1.54) is 0 Å². The van der Waals surface area contributed by atoms with Crippen molar-refractivity contribution in [3.63, 3.8) is 0 Å². The summed E-state index contributed by atoms with van der Waals surface area (Å²) < 4.78 is 0. The van der Waals surface area contributed by atoms with Crippen molar-refractivity contribution in [3.8, 4) is 6.07 Å². The Kier molecular flexibility index (Phi) is 8.14. The molecule has 1 rings (SSSR count). The third-order valence-electron chi connectivity index (χ3n) is 3.73. The van der Waals surface area contributed by atoms with Crippen molar-refractivity contribution in [2.24, 2.45) is 4.99 Å². The molecule has 5 heteroatoms. The van der Waals surface area contributed by atoms with E-state index in [0.717, 1.165) is 24.6 Å². The monoisotopic (exact) mass is 315 g/mol. The highest BCUT2D eigenvalue weighted by molar-refractivity contribution is 5.79. The number of hydrogen-bond acceptors (Lipinski definition) is 3. The van der Waals surface area contributed by atoms with Crippen LogP contribution >= 0.6 is 0 Å². The molecule has 0 spiro atoms. The van der Waals surface area contributed by atoms with Gasteiger partial charge in [0.25, 0.3) is 0 Å². The third kappa shape index (κ3) is 6.70. The van der Waals surface area contributed by atoms with Gasteiger partial charge in [-0.15, -0.1) is 0 Å². The van der Waals surface area contributed by atoms with E-state index in [1.807, 2.05) is 24.3 Å². The molecule has 1 aromatic carbocycles. The lowest BCUT2D eigenvalue weighted by Crippen LogP contribution is -2.45. The fraction of sp³-hybridized carbons (Fsp3) is 0.556. The molecular formula is C18H29N5. The summed E-state index contributed by atoms with van der Waals surface area (Å²) in [6.07, 6.45) is 0. The molecule has 5 nitrogen and oxygen atoms in total. The Labute approximate surface area is 140 Å². The van der Waals surface area contributed by atoms with Crippen LogP contribution in [0, 0.1) is 11.3 Å². The van der Waals surface area contributed by atoms with Gasteiger partial charge in [0.15, 0.2) is 5.96 Å². The standard InChI is InChI=1S/C18H29N5/c1-14(2)23(15(3)4)10-9-21-18(20-5)22-13-17-8-6-7-16(11-17)12-19/h6-8,11,14-15H,9-10,13H2,1-5H3,(H2,20,21,22). The van der Waals surface area contributed by atoms with Gasteiger partial charge in [-0.25, -0.2) is 0 Å². The summed E-state index contributed by atoms with van der Waals surface area (Å²) in [5, 5.41) is 15.6. The highest BCUT2D eigenvalue weighted by Crippen LogP contribution is 2.04. The number of nitriles is 1. The minimum Gasteiger partial charge on any atom is -0.355 e. The summed E-state index contributed by atoms with van der Waals surface area (Å²) in [6.45, 7) is 11.3. The molecule has 2 N–H and O–H groups in total. The van der Waals surface area contributed by atoms with E-state index in [-0.39, 0.29) is 0 Å². The van der Waals surface area contributed by atoms with E-state index in [0.29, 0.717) is 24.2 Å². The maximum Gasteiger partial charge on any atom is 0.191 e. The number of nitrogens with one attached hydrogen (secondary N) is 2. The fourth-order valence-electron chi connectivity index (χ4n) is 2.57. The Morgan fingerprint density at radius 2 is 1.91 bits per heavy atom. The molecule has 23 heavy (non-hydrogen) atoms. The molecule has 0 bridgehead atoms. The van der Waals surface area contributed by atoms with Crippen molar-refractivity contribution < 1.29 is 0 Å². The van der Waals surface area contributed by atoms with Crippen LogP contribution < -0.4 is 10.6 Å². The molecule has 0 aromatic heterocycles. The first kappa shape index (κ1) is 19.0. The number of aliphatic imine (C=N–C) groups is 1. The van der Waals surface area contributed by atoms with Crippen molar-refractivity contribution in [1.29, 1.82) is 5.26 Å². The summed E-state index contributed by atoms with van der Waals surface area (Å²) in [4.78, 5) is 6.68. The first-order valence-electron chi connectivity index (χ1n) is 8.17. The second-order valence-electron chi connectivity index (χ2n) is 6.09. The number of nitrogens with zero attached hydrogens (tertiary/aromatic N) is 3. The topological polar surface area (TPSA) is 63.5 Å². The predicted octanol–water partition coefficient (Wildman–Crippen LogP) is 2.34. The third-order valence-corrected chi connectivity index (χ3v) is 3.73. The van der Waals surface area contributed by atoms with Gasteiger partial charge in [0.1, 0.15) is 0 Å². The van der Waals surface area contributed by atoms with Crippen LogP contribution in [0.2, 0.25) is 0 Å². The van der Waals surface area contributed by atoms with Gasteiger partial charge in [0.05, 0.1) is 11.6 Å². The quantitative estimate of drug-likeness (QED) is 0.599. The molecule has 0 amide bonds. The second kappa shape index (κ2) is 9.86. The minimum absolute atomic E-state index is 0.528. The van der Waals surface area contributed by atoms with Gasteiger partial charge in [-0.05, 0) is 45.4 Å². The van der Waals surface area contributed by atoms with Gasteiger partial charge in [-0.3, -0.25) is 9.89 Å². The summed E-state index contributed by atoms with van der Waals surface area (Å²) in [6, 6.07) is 10.8. The number of hydrogen-bond donors (Lipinski definition) is 2. The second-order valence-corrected chi connectivity index (χ2v) is 6.09. The summed E-state index contributed by atoms with van der Waals surface area (Å²) in [7, 11) is 1.77. The molecule has 0 fully saturated rings.